The Kier molecular flexibility index (Phi) is 6.08. The second-order valence-corrected chi connectivity index (χ2v) is 6.58. The summed E-state index contributed by atoms with van der Waals surface area (Å²) in [6.45, 7) is 2.73. The van der Waals surface area contributed by atoms with E-state index < -0.39 is 0 Å². The van der Waals surface area contributed by atoms with Gasteiger partial charge in [0.15, 0.2) is 0 Å². The van der Waals surface area contributed by atoms with E-state index >= 15 is 0 Å². The van der Waals surface area contributed by atoms with Gasteiger partial charge in [0.1, 0.15) is 12.4 Å². The SMILES string of the molecule is COCCOc1ccccc1C(=O)Nc1ccc(C)c(NC(=O)C2CC2)c1. The van der Waals surface area contributed by atoms with Crippen molar-refractivity contribution < 1.29 is 19.1 Å². The van der Waals surface area contributed by atoms with Crippen LogP contribution in [0.3, 0.4) is 0 Å². The highest BCUT2D eigenvalue weighted by molar-refractivity contribution is 6.06. The summed E-state index contributed by atoms with van der Waals surface area (Å²) in [4.78, 5) is 24.7. The van der Waals surface area contributed by atoms with Gasteiger partial charge < -0.3 is 20.1 Å². The van der Waals surface area contributed by atoms with Crippen molar-refractivity contribution in [2.24, 2.45) is 5.92 Å². The van der Waals surface area contributed by atoms with Crippen LogP contribution in [0, 0.1) is 12.8 Å². The Hall–Kier alpha value is -2.86. The van der Waals surface area contributed by atoms with Gasteiger partial charge in [-0.05, 0) is 49.6 Å². The van der Waals surface area contributed by atoms with E-state index in [0.717, 1.165) is 18.4 Å². The summed E-state index contributed by atoms with van der Waals surface area (Å²) >= 11 is 0. The summed E-state index contributed by atoms with van der Waals surface area (Å²) in [5.41, 5.74) is 2.72. The molecule has 2 N–H and O–H groups in total. The number of anilines is 2. The molecular weight excluding hydrogens is 344 g/mol. The number of hydrogen-bond donors (Lipinski definition) is 2. The molecule has 3 rings (SSSR count). The molecule has 1 aliphatic carbocycles. The number of ether oxygens (including phenoxy) is 2. The van der Waals surface area contributed by atoms with Gasteiger partial charge in [0.25, 0.3) is 5.91 Å². The molecule has 0 bridgehead atoms. The number of aryl methyl sites for hydroxylation is 1. The molecular formula is C21H24N2O4. The van der Waals surface area contributed by atoms with Crippen LogP contribution in [0.25, 0.3) is 0 Å². The van der Waals surface area contributed by atoms with Crippen LogP contribution in [0.1, 0.15) is 28.8 Å². The Bertz CT molecular complexity index is 831. The highest BCUT2D eigenvalue weighted by Gasteiger charge is 2.29. The molecule has 0 saturated heterocycles. The van der Waals surface area contributed by atoms with E-state index in [0.29, 0.717) is 35.9 Å². The van der Waals surface area contributed by atoms with Crippen molar-refractivity contribution in [3.05, 3.63) is 53.6 Å². The third kappa shape index (κ3) is 5.08. The second-order valence-electron chi connectivity index (χ2n) is 6.58. The highest BCUT2D eigenvalue weighted by Crippen LogP contribution is 2.31. The fourth-order valence-corrected chi connectivity index (χ4v) is 2.63. The first-order chi connectivity index (χ1) is 13.1. The number of nitrogens with one attached hydrogen (secondary N) is 2. The third-order valence-corrected chi connectivity index (χ3v) is 4.38. The fraction of sp³-hybridized carbons (Fsp3) is 0.333. The monoisotopic (exact) mass is 368 g/mol. The lowest BCUT2D eigenvalue weighted by atomic mass is 10.1. The van der Waals surface area contributed by atoms with Gasteiger partial charge in [-0.15, -0.1) is 0 Å². The first-order valence-electron chi connectivity index (χ1n) is 9.02. The molecule has 1 saturated carbocycles. The molecule has 0 aromatic heterocycles. The lowest BCUT2D eigenvalue weighted by Gasteiger charge is -2.13. The third-order valence-electron chi connectivity index (χ3n) is 4.38. The number of hydrogen-bond acceptors (Lipinski definition) is 4. The van der Waals surface area contributed by atoms with Crippen molar-refractivity contribution in [3.63, 3.8) is 0 Å². The zero-order chi connectivity index (χ0) is 19.2. The van der Waals surface area contributed by atoms with Crippen LogP contribution in [0.2, 0.25) is 0 Å². The number of benzene rings is 2. The smallest absolute Gasteiger partial charge is 0.259 e. The van der Waals surface area contributed by atoms with Gasteiger partial charge in [-0.2, -0.15) is 0 Å². The summed E-state index contributed by atoms with van der Waals surface area (Å²) in [5.74, 6) is 0.394. The van der Waals surface area contributed by atoms with Crippen LogP contribution in [0.15, 0.2) is 42.5 Å². The van der Waals surface area contributed by atoms with Gasteiger partial charge in [0.05, 0.1) is 12.2 Å². The molecule has 0 heterocycles. The largest absolute Gasteiger partial charge is 0.490 e. The Morgan fingerprint density at radius 3 is 2.59 bits per heavy atom. The maximum Gasteiger partial charge on any atom is 0.259 e. The van der Waals surface area contributed by atoms with Crippen molar-refractivity contribution in [2.75, 3.05) is 31.0 Å². The van der Waals surface area contributed by atoms with E-state index in [4.69, 9.17) is 9.47 Å². The quantitative estimate of drug-likeness (QED) is 0.698. The number of amides is 2. The molecule has 27 heavy (non-hydrogen) atoms. The summed E-state index contributed by atoms with van der Waals surface area (Å²) in [6, 6.07) is 12.5. The summed E-state index contributed by atoms with van der Waals surface area (Å²) in [5, 5.41) is 5.82. The molecule has 0 unspecified atom stereocenters. The van der Waals surface area contributed by atoms with E-state index in [-0.39, 0.29) is 17.7 Å². The van der Waals surface area contributed by atoms with E-state index in [9.17, 15) is 9.59 Å². The highest BCUT2D eigenvalue weighted by atomic mass is 16.5. The number of methoxy groups -OCH3 is 1. The minimum atomic E-state index is -0.272. The van der Waals surface area contributed by atoms with Crippen LogP contribution in [-0.4, -0.2) is 32.1 Å². The van der Waals surface area contributed by atoms with E-state index in [2.05, 4.69) is 10.6 Å². The molecule has 0 atom stereocenters. The van der Waals surface area contributed by atoms with E-state index in [1.54, 1.807) is 31.4 Å². The Balaban J connectivity index is 1.71. The van der Waals surface area contributed by atoms with Crippen LogP contribution in [0.4, 0.5) is 11.4 Å². The summed E-state index contributed by atoms with van der Waals surface area (Å²) in [6.07, 6.45) is 1.89. The zero-order valence-electron chi connectivity index (χ0n) is 15.6. The second kappa shape index (κ2) is 8.68. The van der Waals surface area contributed by atoms with Crippen molar-refractivity contribution >= 4 is 23.2 Å². The Labute approximate surface area is 158 Å². The van der Waals surface area contributed by atoms with E-state index in [1.165, 1.54) is 0 Å². The minimum absolute atomic E-state index is 0.0402. The van der Waals surface area contributed by atoms with Crippen LogP contribution in [0.5, 0.6) is 5.75 Å². The average Bonchev–Trinajstić information content (AvgIpc) is 3.50. The van der Waals surface area contributed by atoms with Gasteiger partial charge in [-0.1, -0.05) is 18.2 Å². The molecule has 0 radical (unpaired) electrons. The molecule has 6 nitrogen and oxygen atoms in total. The first kappa shape index (κ1) is 18.9. The first-order valence-corrected chi connectivity index (χ1v) is 9.02. The van der Waals surface area contributed by atoms with Crippen LogP contribution in [-0.2, 0) is 9.53 Å². The summed E-state index contributed by atoms with van der Waals surface area (Å²) in [7, 11) is 1.60. The van der Waals surface area contributed by atoms with Gasteiger partial charge in [0.2, 0.25) is 5.91 Å². The van der Waals surface area contributed by atoms with Crippen molar-refractivity contribution in [3.8, 4) is 5.75 Å². The van der Waals surface area contributed by atoms with E-state index in [1.807, 2.05) is 25.1 Å². The predicted molar refractivity (Wildman–Crippen MR) is 104 cm³/mol. The zero-order valence-corrected chi connectivity index (χ0v) is 15.6. The molecule has 1 fully saturated rings. The van der Waals surface area contributed by atoms with Crippen LogP contribution < -0.4 is 15.4 Å². The number of rotatable bonds is 8. The molecule has 2 aromatic carbocycles. The predicted octanol–water partition coefficient (Wildman–Crippen LogP) is 3.62. The van der Waals surface area contributed by atoms with Gasteiger partial charge in [-0.25, -0.2) is 0 Å². The molecule has 0 aliphatic heterocycles. The van der Waals surface area contributed by atoms with Gasteiger partial charge >= 0.3 is 0 Å². The molecule has 0 spiro atoms. The average molecular weight is 368 g/mol. The number of carbonyl (C=O) groups is 2. The number of carbonyl (C=O) groups excluding carboxylic acids is 2. The standard InChI is InChI=1S/C21H24N2O4/c1-14-7-10-16(13-18(14)23-20(24)15-8-9-15)22-21(25)17-5-3-4-6-19(17)27-12-11-26-2/h3-7,10,13,15H,8-9,11-12H2,1-2H3,(H,22,25)(H,23,24). The Morgan fingerprint density at radius 1 is 1.07 bits per heavy atom. The van der Waals surface area contributed by atoms with Crippen LogP contribution >= 0.6 is 0 Å². The molecule has 2 amide bonds. The van der Waals surface area contributed by atoms with Crippen molar-refractivity contribution in [2.45, 2.75) is 19.8 Å². The summed E-state index contributed by atoms with van der Waals surface area (Å²) < 4.78 is 10.6. The topological polar surface area (TPSA) is 76.7 Å². The maximum atomic E-state index is 12.7. The lowest BCUT2D eigenvalue weighted by Crippen LogP contribution is -2.16. The van der Waals surface area contributed by atoms with Crippen molar-refractivity contribution in [1.29, 1.82) is 0 Å². The fourth-order valence-electron chi connectivity index (χ4n) is 2.63. The Morgan fingerprint density at radius 2 is 1.85 bits per heavy atom. The minimum Gasteiger partial charge on any atom is -0.490 e. The van der Waals surface area contributed by atoms with Gasteiger partial charge in [-0.3, -0.25) is 9.59 Å². The molecule has 1 aliphatic rings. The molecule has 2 aromatic rings. The number of para-hydroxylation sites is 1. The normalized spacial score (nSPS) is 13.1. The van der Waals surface area contributed by atoms with Gasteiger partial charge in [0, 0.05) is 24.4 Å². The molecule has 142 valence electrons. The van der Waals surface area contributed by atoms with Crippen molar-refractivity contribution in [1.82, 2.24) is 0 Å². The maximum absolute atomic E-state index is 12.7. The molecule has 6 heteroatoms. The lowest BCUT2D eigenvalue weighted by molar-refractivity contribution is -0.117.